The molecule has 0 amide bonds. The number of hydrogen-bond donors (Lipinski definition) is 1. The van der Waals surface area contributed by atoms with Gasteiger partial charge in [0.15, 0.2) is 0 Å². The van der Waals surface area contributed by atoms with Crippen LogP contribution in [0.5, 0.6) is 0 Å². The zero-order valence-electron chi connectivity index (χ0n) is 10.9. The lowest BCUT2D eigenvalue weighted by molar-refractivity contribution is 0.567. The predicted octanol–water partition coefficient (Wildman–Crippen LogP) is 4.37. The fourth-order valence-corrected chi connectivity index (χ4v) is 2.10. The summed E-state index contributed by atoms with van der Waals surface area (Å²) in [6, 6.07) is 14.7. The van der Waals surface area contributed by atoms with E-state index in [0.717, 1.165) is 23.6 Å². The summed E-state index contributed by atoms with van der Waals surface area (Å²) in [5.74, 6) is -0.191. The van der Waals surface area contributed by atoms with Gasteiger partial charge in [-0.2, -0.15) is 0 Å². The van der Waals surface area contributed by atoms with Crippen molar-refractivity contribution >= 4 is 11.6 Å². The van der Waals surface area contributed by atoms with Crippen molar-refractivity contribution in [1.82, 2.24) is 5.32 Å². The van der Waals surface area contributed by atoms with E-state index in [0.29, 0.717) is 0 Å². The highest BCUT2D eigenvalue weighted by molar-refractivity contribution is 6.30. The molecule has 2 rings (SSSR count). The van der Waals surface area contributed by atoms with Gasteiger partial charge in [-0.3, -0.25) is 0 Å². The Morgan fingerprint density at radius 1 is 1.16 bits per heavy atom. The van der Waals surface area contributed by atoms with E-state index in [-0.39, 0.29) is 11.9 Å². The molecule has 0 spiro atoms. The second-order valence-electron chi connectivity index (χ2n) is 4.61. The molecule has 1 nitrogen and oxygen atoms in total. The molecule has 2 aromatic carbocycles. The second-order valence-corrected chi connectivity index (χ2v) is 5.04. The lowest BCUT2D eigenvalue weighted by atomic mass is 10.1. The van der Waals surface area contributed by atoms with Gasteiger partial charge in [-0.1, -0.05) is 35.9 Å². The van der Waals surface area contributed by atoms with Gasteiger partial charge in [0.1, 0.15) is 5.82 Å². The summed E-state index contributed by atoms with van der Waals surface area (Å²) in [5, 5.41) is 4.14. The normalized spacial score (nSPS) is 12.4. The molecule has 1 atom stereocenters. The first-order valence-electron chi connectivity index (χ1n) is 6.38. The molecule has 1 unspecified atom stereocenters. The van der Waals surface area contributed by atoms with E-state index in [9.17, 15) is 4.39 Å². The van der Waals surface area contributed by atoms with Crippen LogP contribution >= 0.6 is 11.6 Å². The molecule has 1 N–H and O–H groups in total. The van der Waals surface area contributed by atoms with Crippen LogP contribution in [0, 0.1) is 5.82 Å². The van der Waals surface area contributed by atoms with Gasteiger partial charge in [0, 0.05) is 11.1 Å². The van der Waals surface area contributed by atoms with Crippen molar-refractivity contribution in [3.05, 3.63) is 70.5 Å². The average molecular weight is 278 g/mol. The summed E-state index contributed by atoms with van der Waals surface area (Å²) in [6.45, 7) is 2.88. The van der Waals surface area contributed by atoms with Crippen LogP contribution in [0.3, 0.4) is 0 Å². The number of nitrogens with one attached hydrogen (secondary N) is 1. The second kappa shape index (κ2) is 6.69. The molecule has 100 valence electrons. The van der Waals surface area contributed by atoms with E-state index < -0.39 is 0 Å². The van der Waals surface area contributed by atoms with E-state index >= 15 is 0 Å². The van der Waals surface area contributed by atoms with Gasteiger partial charge in [0.05, 0.1) is 0 Å². The smallest absolute Gasteiger partial charge is 0.123 e. The third-order valence-corrected chi connectivity index (χ3v) is 3.38. The molecule has 0 aliphatic heterocycles. The van der Waals surface area contributed by atoms with E-state index in [1.807, 2.05) is 37.3 Å². The highest BCUT2D eigenvalue weighted by atomic mass is 35.5. The Kier molecular flexibility index (Phi) is 4.94. The largest absolute Gasteiger partial charge is 0.310 e. The van der Waals surface area contributed by atoms with E-state index in [4.69, 9.17) is 11.6 Å². The number of hydrogen-bond acceptors (Lipinski definition) is 1. The lowest BCUT2D eigenvalue weighted by Crippen LogP contribution is -2.21. The summed E-state index contributed by atoms with van der Waals surface area (Å²) in [5.41, 5.74) is 2.21. The SMILES string of the molecule is CC(NCCc1ccc(Cl)cc1)c1cccc(F)c1. The first-order chi connectivity index (χ1) is 9.15. The summed E-state index contributed by atoms with van der Waals surface area (Å²) in [7, 11) is 0. The van der Waals surface area contributed by atoms with Crippen LogP contribution in [0.2, 0.25) is 5.02 Å². The predicted molar refractivity (Wildman–Crippen MR) is 78.0 cm³/mol. The molecule has 0 heterocycles. The van der Waals surface area contributed by atoms with Crippen LogP contribution in [-0.2, 0) is 6.42 Å². The van der Waals surface area contributed by atoms with Gasteiger partial charge >= 0.3 is 0 Å². The maximum absolute atomic E-state index is 13.1. The highest BCUT2D eigenvalue weighted by Gasteiger charge is 2.05. The topological polar surface area (TPSA) is 12.0 Å². The Morgan fingerprint density at radius 2 is 1.89 bits per heavy atom. The van der Waals surface area contributed by atoms with Gasteiger partial charge in [0.2, 0.25) is 0 Å². The fourth-order valence-electron chi connectivity index (χ4n) is 1.98. The molecule has 0 aliphatic carbocycles. The van der Waals surface area contributed by atoms with Crippen LogP contribution in [0.4, 0.5) is 4.39 Å². The summed E-state index contributed by atoms with van der Waals surface area (Å²) >= 11 is 5.84. The fraction of sp³-hybridized carbons (Fsp3) is 0.250. The lowest BCUT2D eigenvalue weighted by Gasteiger charge is -2.14. The third kappa shape index (κ3) is 4.34. The number of halogens is 2. The van der Waals surface area contributed by atoms with E-state index in [2.05, 4.69) is 5.32 Å². The van der Waals surface area contributed by atoms with Gasteiger partial charge in [-0.15, -0.1) is 0 Å². The molecular formula is C16H17ClFN. The van der Waals surface area contributed by atoms with Crippen LogP contribution in [0.15, 0.2) is 48.5 Å². The Morgan fingerprint density at radius 3 is 2.58 bits per heavy atom. The van der Waals surface area contributed by atoms with Crippen LogP contribution in [0.1, 0.15) is 24.1 Å². The van der Waals surface area contributed by atoms with Gasteiger partial charge in [-0.05, 0) is 55.3 Å². The van der Waals surface area contributed by atoms with Crippen molar-refractivity contribution in [2.75, 3.05) is 6.54 Å². The van der Waals surface area contributed by atoms with Crippen LogP contribution in [0.25, 0.3) is 0 Å². The summed E-state index contributed by atoms with van der Waals surface area (Å²) < 4.78 is 13.1. The third-order valence-electron chi connectivity index (χ3n) is 3.13. The minimum absolute atomic E-state index is 0.142. The monoisotopic (exact) mass is 277 g/mol. The van der Waals surface area contributed by atoms with Crippen molar-refractivity contribution in [3.63, 3.8) is 0 Å². The molecule has 3 heteroatoms. The Hall–Kier alpha value is -1.38. The first-order valence-corrected chi connectivity index (χ1v) is 6.76. The van der Waals surface area contributed by atoms with E-state index in [1.54, 1.807) is 12.1 Å². The quantitative estimate of drug-likeness (QED) is 0.856. The minimum atomic E-state index is -0.191. The van der Waals surface area contributed by atoms with E-state index in [1.165, 1.54) is 11.6 Å². The molecule has 0 fully saturated rings. The number of benzene rings is 2. The van der Waals surface area contributed by atoms with Crippen LogP contribution in [-0.4, -0.2) is 6.54 Å². The zero-order chi connectivity index (χ0) is 13.7. The standard InChI is InChI=1S/C16H17ClFN/c1-12(14-3-2-4-16(18)11-14)19-10-9-13-5-7-15(17)8-6-13/h2-8,11-12,19H,9-10H2,1H3. The Labute approximate surface area is 118 Å². The molecule has 0 bridgehead atoms. The molecule has 0 aromatic heterocycles. The van der Waals surface area contributed by atoms with Gasteiger partial charge in [0.25, 0.3) is 0 Å². The van der Waals surface area contributed by atoms with Crippen molar-refractivity contribution in [3.8, 4) is 0 Å². The summed E-state index contributed by atoms with van der Waals surface area (Å²) in [6.07, 6.45) is 0.927. The molecule has 19 heavy (non-hydrogen) atoms. The van der Waals surface area contributed by atoms with Crippen molar-refractivity contribution in [2.24, 2.45) is 0 Å². The molecule has 0 radical (unpaired) electrons. The average Bonchev–Trinajstić information content (AvgIpc) is 2.41. The molecule has 0 aliphatic rings. The van der Waals surface area contributed by atoms with Gasteiger partial charge < -0.3 is 5.32 Å². The number of rotatable bonds is 5. The maximum Gasteiger partial charge on any atom is 0.123 e. The molecular weight excluding hydrogens is 261 g/mol. The first kappa shape index (κ1) is 14.0. The molecule has 0 saturated heterocycles. The van der Waals surface area contributed by atoms with Crippen molar-refractivity contribution < 1.29 is 4.39 Å². The van der Waals surface area contributed by atoms with Crippen LogP contribution < -0.4 is 5.32 Å². The molecule has 0 saturated carbocycles. The molecule has 2 aromatic rings. The maximum atomic E-state index is 13.1. The van der Waals surface area contributed by atoms with Crippen molar-refractivity contribution in [1.29, 1.82) is 0 Å². The highest BCUT2D eigenvalue weighted by Crippen LogP contribution is 2.14. The minimum Gasteiger partial charge on any atom is -0.310 e. The van der Waals surface area contributed by atoms with Gasteiger partial charge in [-0.25, -0.2) is 4.39 Å². The Balaban J connectivity index is 1.84. The summed E-state index contributed by atoms with van der Waals surface area (Å²) in [4.78, 5) is 0. The zero-order valence-corrected chi connectivity index (χ0v) is 11.6. The van der Waals surface area contributed by atoms with Crippen molar-refractivity contribution in [2.45, 2.75) is 19.4 Å². The Bertz CT molecular complexity index is 525.